The van der Waals surface area contributed by atoms with E-state index in [1.54, 1.807) is 18.0 Å². The van der Waals surface area contributed by atoms with Crippen molar-refractivity contribution in [2.45, 2.75) is 42.0 Å². The highest BCUT2D eigenvalue weighted by molar-refractivity contribution is 7.99. The lowest BCUT2D eigenvalue weighted by Gasteiger charge is -2.42. The predicted octanol–water partition coefficient (Wildman–Crippen LogP) is 4.52. The Hall–Kier alpha value is -2.88. The van der Waals surface area contributed by atoms with Crippen LogP contribution in [0, 0.1) is 12.3 Å². The van der Waals surface area contributed by atoms with Gasteiger partial charge in [0.05, 0.1) is 15.6 Å². The Morgan fingerprint density at radius 3 is 2.74 bits per heavy atom. The van der Waals surface area contributed by atoms with Gasteiger partial charge in [0.15, 0.2) is 5.65 Å². The van der Waals surface area contributed by atoms with Crippen LogP contribution in [0.15, 0.2) is 52.8 Å². The summed E-state index contributed by atoms with van der Waals surface area (Å²) in [5, 5.41) is 3.63. The molecule has 1 saturated heterocycles. The van der Waals surface area contributed by atoms with E-state index < -0.39 is 0 Å². The SMILES string of the molecule is CNc1nccc(Sc2c(C)nc(N3CCC4(CC3)Cc3ncccc3C4N)n3ccnc23)c1Cl. The molecule has 1 aliphatic carbocycles. The van der Waals surface area contributed by atoms with E-state index in [0.717, 1.165) is 65.1 Å². The van der Waals surface area contributed by atoms with Crippen LogP contribution >= 0.6 is 23.4 Å². The maximum atomic E-state index is 6.75. The van der Waals surface area contributed by atoms with Gasteiger partial charge in [-0.05, 0) is 49.3 Å². The smallest absolute Gasteiger partial charge is 0.211 e. The third kappa shape index (κ3) is 3.64. The number of halogens is 1. The summed E-state index contributed by atoms with van der Waals surface area (Å²) in [6.45, 7) is 3.83. The number of anilines is 2. The first-order valence-corrected chi connectivity index (χ1v) is 13.0. The summed E-state index contributed by atoms with van der Waals surface area (Å²) in [6, 6.07) is 6.09. The first kappa shape index (κ1) is 22.6. The number of hydrogen-bond donors (Lipinski definition) is 2. The minimum atomic E-state index is 0.0442. The highest BCUT2D eigenvalue weighted by Crippen LogP contribution is 2.50. The van der Waals surface area contributed by atoms with Gasteiger partial charge in [0.2, 0.25) is 5.95 Å². The van der Waals surface area contributed by atoms with Crippen molar-refractivity contribution in [1.82, 2.24) is 24.3 Å². The van der Waals surface area contributed by atoms with Crippen molar-refractivity contribution in [3.63, 3.8) is 0 Å². The van der Waals surface area contributed by atoms with Crippen molar-refractivity contribution >= 4 is 40.8 Å². The molecule has 4 aromatic rings. The normalized spacial score (nSPS) is 18.9. The van der Waals surface area contributed by atoms with Gasteiger partial charge in [0.25, 0.3) is 0 Å². The zero-order valence-corrected chi connectivity index (χ0v) is 21.3. The zero-order valence-electron chi connectivity index (χ0n) is 19.7. The lowest BCUT2D eigenvalue weighted by molar-refractivity contribution is 0.186. The highest BCUT2D eigenvalue weighted by Gasteiger charge is 2.46. The Balaban J connectivity index is 1.28. The van der Waals surface area contributed by atoms with Crippen molar-refractivity contribution in [2.75, 3.05) is 30.4 Å². The van der Waals surface area contributed by atoms with Crippen LogP contribution in [-0.2, 0) is 6.42 Å². The zero-order chi connectivity index (χ0) is 24.2. The Labute approximate surface area is 213 Å². The molecule has 1 aliphatic heterocycles. The Bertz CT molecular complexity index is 1410. The van der Waals surface area contributed by atoms with E-state index in [1.165, 1.54) is 5.56 Å². The third-order valence-corrected chi connectivity index (χ3v) is 9.18. The number of pyridine rings is 2. The fourth-order valence-corrected chi connectivity index (χ4v) is 6.77. The van der Waals surface area contributed by atoms with Crippen molar-refractivity contribution < 1.29 is 0 Å². The Morgan fingerprint density at radius 1 is 1.14 bits per heavy atom. The summed E-state index contributed by atoms with van der Waals surface area (Å²) in [4.78, 5) is 22.9. The minimum Gasteiger partial charge on any atom is -0.372 e. The van der Waals surface area contributed by atoms with Crippen LogP contribution in [0.3, 0.4) is 0 Å². The molecule has 1 spiro atoms. The number of hydrogen-bond acceptors (Lipinski definition) is 8. The molecule has 6 rings (SSSR count). The standard InChI is InChI=1S/C25H27ClN8S/c1-15-20(35-18-5-9-30-22(28-2)19(18)26)23-31-10-13-34(23)24(32-15)33-11-6-25(7-12-33)14-17-16(21(25)27)4-3-8-29-17/h3-5,8-10,13,21H,6-7,11-12,14,27H2,1-2H3,(H,28,30). The van der Waals surface area contributed by atoms with E-state index in [9.17, 15) is 0 Å². The molecule has 5 heterocycles. The number of aromatic nitrogens is 5. The number of imidazole rings is 1. The summed E-state index contributed by atoms with van der Waals surface area (Å²) >= 11 is 8.15. The molecule has 3 N–H and O–H groups in total. The second-order valence-corrected chi connectivity index (χ2v) is 10.7. The first-order valence-electron chi connectivity index (χ1n) is 11.8. The van der Waals surface area contributed by atoms with Crippen molar-refractivity contribution in [1.29, 1.82) is 0 Å². The molecule has 1 fully saturated rings. The van der Waals surface area contributed by atoms with E-state index in [2.05, 4.69) is 35.6 Å². The molecular formula is C25H27ClN8S. The highest BCUT2D eigenvalue weighted by atomic mass is 35.5. The van der Waals surface area contributed by atoms with Gasteiger partial charge in [-0.1, -0.05) is 29.4 Å². The fourth-order valence-electron chi connectivity index (χ4n) is 5.48. The van der Waals surface area contributed by atoms with Gasteiger partial charge >= 0.3 is 0 Å². The number of piperidine rings is 1. The van der Waals surface area contributed by atoms with Crippen molar-refractivity contribution in [3.05, 3.63) is 65.0 Å². The molecule has 0 amide bonds. The Kier molecular flexibility index (Phi) is 5.58. The van der Waals surface area contributed by atoms with Crippen LogP contribution in [0.5, 0.6) is 0 Å². The molecule has 0 aromatic carbocycles. The molecule has 180 valence electrons. The number of aryl methyl sites for hydroxylation is 1. The summed E-state index contributed by atoms with van der Waals surface area (Å²) in [5.74, 6) is 1.58. The number of nitrogens with zero attached hydrogens (tertiary/aromatic N) is 6. The summed E-state index contributed by atoms with van der Waals surface area (Å²) in [7, 11) is 1.81. The molecule has 2 aliphatic rings. The summed E-state index contributed by atoms with van der Waals surface area (Å²) in [5.41, 5.74) is 11.0. The van der Waals surface area contributed by atoms with Gasteiger partial charge in [0.1, 0.15) is 5.82 Å². The molecule has 10 heteroatoms. The molecule has 1 unspecified atom stereocenters. The predicted molar refractivity (Wildman–Crippen MR) is 139 cm³/mol. The van der Waals surface area contributed by atoms with E-state index in [1.807, 2.05) is 44.7 Å². The molecule has 0 bridgehead atoms. The third-order valence-electron chi connectivity index (χ3n) is 7.44. The van der Waals surface area contributed by atoms with Crippen LogP contribution in [0.1, 0.15) is 35.8 Å². The molecule has 0 saturated carbocycles. The van der Waals surface area contributed by atoms with Crippen LogP contribution in [0.2, 0.25) is 5.02 Å². The van der Waals surface area contributed by atoms with E-state index in [0.29, 0.717) is 10.8 Å². The second-order valence-electron chi connectivity index (χ2n) is 9.31. The molecular weight excluding hydrogens is 480 g/mol. The number of nitrogens with two attached hydrogens (primary N) is 1. The van der Waals surface area contributed by atoms with Gasteiger partial charge in [0, 0.05) is 61.6 Å². The number of fused-ring (bicyclic) bond motifs is 2. The quantitative estimate of drug-likeness (QED) is 0.417. The Morgan fingerprint density at radius 2 is 1.97 bits per heavy atom. The molecule has 1 atom stereocenters. The minimum absolute atomic E-state index is 0.0442. The van der Waals surface area contributed by atoms with E-state index >= 15 is 0 Å². The summed E-state index contributed by atoms with van der Waals surface area (Å²) in [6.07, 6.45) is 10.4. The molecule has 35 heavy (non-hydrogen) atoms. The maximum Gasteiger partial charge on any atom is 0.211 e. The van der Waals surface area contributed by atoms with Gasteiger partial charge in [-0.3, -0.25) is 9.38 Å². The van der Waals surface area contributed by atoms with Crippen molar-refractivity contribution in [2.24, 2.45) is 11.1 Å². The second kappa shape index (κ2) is 8.65. The largest absolute Gasteiger partial charge is 0.372 e. The molecule has 8 nitrogen and oxygen atoms in total. The maximum absolute atomic E-state index is 6.75. The average Bonchev–Trinajstić information content (AvgIpc) is 3.46. The van der Waals surface area contributed by atoms with Crippen LogP contribution in [0.25, 0.3) is 5.65 Å². The van der Waals surface area contributed by atoms with E-state index in [4.69, 9.17) is 22.3 Å². The lowest BCUT2D eigenvalue weighted by atomic mass is 9.73. The van der Waals surface area contributed by atoms with Crippen LogP contribution in [0.4, 0.5) is 11.8 Å². The van der Waals surface area contributed by atoms with Crippen LogP contribution in [-0.4, -0.2) is 44.5 Å². The van der Waals surface area contributed by atoms with Gasteiger partial charge in [-0.15, -0.1) is 0 Å². The fraction of sp³-hybridized carbons (Fsp3) is 0.360. The van der Waals surface area contributed by atoms with Crippen LogP contribution < -0.4 is 16.0 Å². The molecule has 4 aromatic heterocycles. The number of nitrogens with one attached hydrogen (secondary N) is 1. The van der Waals surface area contributed by atoms with Crippen molar-refractivity contribution in [3.8, 4) is 0 Å². The van der Waals surface area contributed by atoms with Gasteiger partial charge in [-0.25, -0.2) is 15.0 Å². The first-order chi connectivity index (χ1) is 17.0. The number of rotatable bonds is 4. The van der Waals surface area contributed by atoms with E-state index in [-0.39, 0.29) is 11.5 Å². The lowest BCUT2D eigenvalue weighted by Crippen LogP contribution is -2.45. The molecule has 0 radical (unpaired) electrons. The summed E-state index contributed by atoms with van der Waals surface area (Å²) < 4.78 is 2.09. The average molecular weight is 507 g/mol. The topological polar surface area (TPSA) is 97.3 Å². The van der Waals surface area contributed by atoms with Gasteiger partial charge in [-0.2, -0.15) is 0 Å². The monoisotopic (exact) mass is 506 g/mol. The van der Waals surface area contributed by atoms with Gasteiger partial charge < -0.3 is 16.0 Å².